The Balaban J connectivity index is 2.61. The number of unbranched alkanes of at least 4 members (excludes halogenated alkanes) is 1. The smallest absolute Gasteiger partial charge is 0.416 e. The summed E-state index contributed by atoms with van der Waals surface area (Å²) in [5, 5.41) is 0. The molecule has 122 valence electrons. The van der Waals surface area contributed by atoms with Gasteiger partial charge in [0.15, 0.2) is 0 Å². The van der Waals surface area contributed by atoms with Gasteiger partial charge in [-0.1, -0.05) is 13.3 Å². The molecule has 0 fully saturated rings. The van der Waals surface area contributed by atoms with Gasteiger partial charge in [0.2, 0.25) is 0 Å². The molecule has 0 aliphatic rings. The van der Waals surface area contributed by atoms with Crippen LogP contribution in [0, 0.1) is 0 Å². The summed E-state index contributed by atoms with van der Waals surface area (Å²) in [6, 6.07) is 3.84. The predicted octanol–water partition coefficient (Wildman–Crippen LogP) is 3.12. The molecular weight excluding hydrogens is 299 g/mol. The highest BCUT2D eigenvalue weighted by Gasteiger charge is 2.30. The van der Waals surface area contributed by atoms with E-state index in [0.29, 0.717) is 0 Å². The molecule has 0 heterocycles. The summed E-state index contributed by atoms with van der Waals surface area (Å²) in [5.74, 6) is -1.09. The maximum atomic E-state index is 12.4. The standard InChI is InChI=1S/C15H18F3NO3/c1-3-4-9-22-13(20)10-19(2)14(21)11-5-7-12(8-6-11)15(16,17)18/h5-8H,3-4,9-10H2,1-2H3. The molecule has 0 aliphatic carbocycles. The minimum Gasteiger partial charge on any atom is -0.464 e. The van der Waals surface area contributed by atoms with E-state index in [1.807, 2.05) is 6.92 Å². The molecule has 0 atom stereocenters. The first kappa shape index (κ1) is 18.0. The number of benzene rings is 1. The van der Waals surface area contributed by atoms with Gasteiger partial charge in [0.25, 0.3) is 5.91 Å². The molecule has 0 aromatic heterocycles. The molecule has 1 rings (SSSR count). The lowest BCUT2D eigenvalue weighted by Gasteiger charge is -2.16. The Hall–Kier alpha value is -2.05. The van der Waals surface area contributed by atoms with Crippen LogP contribution in [0.5, 0.6) is 0 Å². The number of likely N-dealkylation sites (N-methyl/N-ethyl adjacent to an activating group) is 1. The predicted molar refractivity (Wildman–Crippen MR) is 74.3 cm³/mol. The molecule has 4 nitrogen and oxygen atoms in total. The fourth-order valence-corrected chi connectivity index (χ4v) is 1.66. The van der Waals surface area contributed by atoms with E-state index in [1.165, 1.54) is 7.05 Å². The van der Waals surface area contributed by atoms with Gasteiger partial charge in [0, 0.05) is 12.6 Å². The lowest BCUT2D eigenvalue weighted by molar-refractivity contribution is -0.144. The number of halogens is 3. The zero-order valence-corrected chi connectivity index (χ0v) is 12.4. The van der Waals surface area contributed by atoms with E-state index in [-0.39, 0.29) is 18.7 Å². The topological polar surface area (TPSA) is 46.6 Å². The van der Waals surface area contributed by atoms with Crippen LogP contribution in [-0.4, -0.2) is 37.0 Å². The van der Waals surface area contributed by atoms with E-state index in [0.717, 1.165) is 42.0 Å². The number of carbonyl (C=O) groups is 2. The molecule has 1 aromatic carbocycles. The molecule has 0 unspecified atom stereocenters. The maximum Gasteiger partial charge on any atom is 0.416 e. The molecule has 22 heavy (non-hydrogen) atoms. The third kappa shape index (κ3) is 5.38. The van der Waals surface area contributed by atoms with Crippen molar-refractivity contribution >= 4 is 11.9 Å². The number of hydrogen-bond acceptors (Lipinski definition) is 3. The van der Waals surface area contributed by atoms with Crippen molar-refractivity contribution in [2.75, 3.05) is 20.2 Å². The van der Waals surface area contributed by atoms with Crippen LogP contribution in [0.4, 0.5) is 13.2 Å². The monoisotopic (exact) mass is 317 g/mol. The summed E-state index contributed by atoms with van der Waals surface area (Å²) in [6.07, 6.45) is -2.83. The molecule has 7 heteroatoms. The molecule has 1 amide bonds. The first-order valence-corrected chi connectivity index (χ1v) is 6.84. The molecule has 0 radical (unpaired) electrons. The zero-order chi connectivity index (χ0) is 16.8. The van der Waals surface area contributed by atoms with Crippen LogP contribution in [0.1, 0.15) is 35.7 Å². The highest BCUT2D eigenvalue weighted by Crippen LogP contribution is 2.29. The van der Waals surface area contributed by atoms with Crippen molar-refractivity contribution in [2.24, 2.45) is 0 Å². The van der Waals surface area contributed by atoms with Gasteiger partial charge in [-0.3, -0.25) is 9.59 Å². The Morgan fingerprint density at radius 1 is 1.18 bits per heavy atom. The Bertz CT molecular complexity index is 512. The molecule has 1 aromatic rings. The van der Waals surface area contributed by atoms with E-state index in [4.69, 9.17) is 4.74 Å². The summed E-state index contributed by atoms with van der Waals surface area (Å²) in [4.78, 5) is 24.6. The normalized spacial score (nSPS) is 11.1. The highest BCUT2D eigenvalue weighted by molar-refractivity contribution is 5.95. The molecule has 0 spiro atoms. The van der Waals surface area contributed by atoms with Gasteiger partial charge in [0.1, 0.15) is 6.54 Å². The average Bonchev–Trinajstić information content (AvgIpc) is 2.46. The van der Waals surface area contributed by atoms with Crippen molar-refractivity contribution in [3.8, 4) is 0 Å². The van der Waals surface area contributed by atoms with Crippen molar-refractivity contribution in [3.63, 3.8) is 0 Å². The summed E-state index contributed by atoms with van der Waals surface area (Å²) in [6.45, 7) is 2.00. The van der Waals surface area contributed by atoms with Gasteiger partial charge < -0.3 is 9.64 Å². The third-order valence-corrected chi connectivity index (χ3v) is 2.93. The SMILES string of the molecule is CCCCOC(=O)CN(C)C(=O)c1ccc(C(F)(F)F)cc1. The van der Waals surface area contributed by atoms with Gasteiger partial charge in [-0.05, 0) is 30.7 Å². The van der Waals surface area contributed by atoms with E-state index in [9.17, 15) is 22.8 Å². The number of carbonyl (C=O) groups excluding carboxylic acids is 2. The maximum absolute atomic E-state index is 12.4. The van der Waals surface area contributed by atoms with Crippen LogP contribution in [0.3, 0.4) is 0 Å². The van der Waals surface area contributed by atoms with Gasteiger partial charge in [-0.2, -0.15) is 13.2 Å². The molecule has 0 bridgehead atoms. The van der Waals surface area contributed by atoms with Gasteiger partial charge in [0.05, 0.1) is 12.2 Å². The number of esters is 1. The van der Waals surface area contributed by atoms with Crippen LogP contribution in [-0.2, 0) is 15.7 Å². The minimum absolute atomic E-state index is 0.0804. The number of rotatable bonds is 6. The molecule has 0 N–H and O–H groups in total. The molecular formula is C15H18F3NO3. The van der Waals surface area contributed by atoms with E-state index >= 15 is 0 Å². The number of alkyl halides is 3. The first-order chi connectivity index (χ1) is 10.3. The minimum atomic E-state index is -4.45. The summed E-state index contributed by atoms with van der Waals surface area (Å²) in [7, 11) is 1.39. The van der Waals surface area contributed by atoms with Crippen molar-refractivity contribution in [1.29, 1.82) is 0 Å². The second-order valence-corrected chi connectivity index (χ2v) is 4.81. The number of ether oxygens (including phenoxy) is 1. The molecule has 0 saturated carbocycles. The number of hydrogen-bond donors (Lipinski definition) is 0. The molecule has 0 aliphatic heterocycles. The third-order valence-electron chi connectivity index (χ3n) is 2.93. The first-order valence-electron chi connectivity index (χ1n) is 6.84. The van der Waals surface area contributed by atoms with E-state index < -0.39 is 23.6 Å². The second kappa shape index (κ2) is 7.82. The van der Waals surface area contributed by atoms with Crippen molar-refractivity contribution in [1.82, 2.24) is 4.90 Å². The largest absolute Gasteiger partial charge is 0.464 e. The van der Waals surface area contributed by atoms with Crippen LogP contribution >= 0.6 is 0 Å². The Kier molecular flexibility index (Phi) is 6.39. The van der Waals surface area contributed by atoms with E-state index in [2.05, 4.69) is 0 Å². The second-order valence-electron chi connectivity index (χ2n) is 4.81. The summed E-state index contributed by atoms with van der Waals surface area (Å²) >= 11 is 0. The van der Waals surface area contributed by atoms with Crippen molar-refractivity contribution in [2.45, 2.75) is 25.9 Å². The quantitative estimate of drug-likeness (QED) is 0.598. The highest BCUT2D eigenvalue weighted by atomic mass is 19.4. The van der Waals surface area contributed by atoms with Crippen LogP contribution in [0.25, 0.3) is 0 Å². The zero-order valence-electron chi connectivity index (χ0n) is 12.4. The summed E-state index contributed by atoms with van der Waals surface area (Å²) in [5.41, 5.74) is -0.748. The number of amides is 1. The van der Waals surface area contributed by atoms with Crippen molar-refractivity contribution in [3.05, 3.63) is 35.4 Å². The Morgan fingerprint density at radius 2 is 1.77 bits per heavy atom. The van der Waals surface area contributed by atoms with Crippen LogP contribution in [0.2, 0.25) is 0 Å². The fourth-order valence-electron chi connectivity index (χ4n) is 1.66. The average molecular weight is 317 g/mol. The molecule has 0 saturated heterocycles. The Labute approximate surface area is 126 Å². The van der Waals surface area contributed by atoms with E-state index in [1.54, 1.807) is 0 Å². The number of nitrogens with zero attached hydrogens (tertiary/aromatic N) is 1. The van der Waals surface area contributed by atoms with Crippen LogP contribution in [0.15, 0.2) is 24.3 Å². The van der Waals surface area contributed by atoms with Crippen molar-refractivity contribution < 1.29 is 27.5 Å². The van der Waals surface area contributed by atoms with Gasteiger partial charge in [-0.15, -0.1) is 0 Å². The lowest BCUT2D eigenvalue weighted by Crippen LogP contribution is -2.33. The fraction of sp³-hybridized carbons (Fsp3) is 0.467. The summed E-state index contributed by atoms with van der Waals surface area (Å²) < 4.78 is 42.2. The lowest BCUT2D eigenvalue weighted by atomic mass is 10.1. The Morgan fingerprint density at radius 3 is 2.27 bits per heavy atom. The van der Waals surface area contributed by atoms with Gasteiger partial charge >= 0.3 is 12.1 Å². The van der Waals surface area contributed by atoms with Gasteiger partial charge in [-0.25, -0.2) is 0 Å². The van der Waals surface area contributed by atoms with Crippen LogP contribution < -0.4 is 0 Å².